The molecule has 2 heteroatoms. The second-order valence-electron chi connectivity index (χ2n) is 5.02. The van der Waals surface area contributed by atoms with Crippen molar-refractivity contribution < 1.29 is 4.74 Å². The Morgan fingerprint density at radius 1 is 1.31 bits per heavy atom. The van der Waals surface area contributed by atoms with E-state index in [1.54, 1.807) is 0 Å². The fraction of sp³-hybridized carbons (Fsp3) is 1.00. The highest BCUT2D eigenvalue weighted by Gasteiger charge is 2.39. The van der Waals surface area contributed by atoms with Crippen molar-refractivity contribution in [2.75, 3.05) is 19.8 Å². The molecule has 0 amide bonds. The molecule has 0 aromatic rings. The molecule has 0 bridgehead atoms. The zero-order chi connectivity index (χ0) is 9.31. The SMILES string of the molecule is CC1(C)NCCC1C1CCCOC1. The van der Waals surface area contributed by atoms with E-state index in [2.05, 4.69) is 19.2 Å². The Morgan fingerprint density at radius 2 is 2.15 bits per heavy atom. The molecule has 2 atom stereocenters. The van der Waals surface area contributed by atoms with Gasteiger partial charge in [-0.05, 0) is 51.5 Å². The lowest BCUT2D eigenvalue weighted by molar-refractivity contribution is 0.0194. The summed E-state index contributed by atoms with van der Waals surface area (Å²) in [6.45, 7) is 7.83. The maximum Gasteiger partial charge on any atom is 0.0497 e. The summed E-state index contributed by atoms with van der Waals surface area (Å²) in [5.74, 6) is 1.63. The minimum atomic E-state index is 0.339. The molecular weight excluding hydrogens is 162 g/mol. The Labute approximate surface area is 81.0 Å². The van der Waals surface area contributed by atoms with Crippen LogP contribution in [0, 0.1) is 11.8 Å². The monoisotopic (exact) mass is 183 g/mol. The fourth-order valence-electron chi connectivity index (χ4n) is 2.95. The highest BCUT2D eigenvalue weighted by atomic mass is 16.5. The molecule has 0 saturated carbocycles. The molecular formula is C11H21NO. The molecule has 2 nitrogen and oxygen atoms in total. The number of rotatable bonds is 1. The molecule has 2 aliphatic heterocycles. The first-order valence-corrected chi connectivity index (χ1v) is 5.53. The van der Waals surface area contributed by atoms with Crippen LogP contribution >= 0.6 is 0 Å². The van der Waals surface area contributed by atoms with Gasteiger partial charge in [0, 0.05) is 18.8 Å². The van der Waals surface area contributed by atoms with E-state index < -0.39 is 0 Å². The average molecular weight is 183 g/mol. The third-order valence-electron chi connectivity index (χ3n) is 3.73. The normalized spacial score (nSPS) is 39.2. The maximum atomic E-state index is 5.56. The molecule has 1 N–H and O–H groups in total. The van der Waals surface area contributed by atoms with Gasteiger partial charge in [-0.2, -0.15) is 0 Å². The first kappa shape index (κ1) is 9.47. The van der Waals surface area contributed by atoms with E-state index >= 15 is 0 Å². The predicted octanol–water partition coefficient (Wildman–Crippen LogP) is 1.80. The largest absolute Gasteiger partial charge is 0.381 e. The molecule has 2 rings (SSSR count). The van der Waals surface area contributed by atoms with Crippen molar-refractivity contribution in [3.8, 4) is 0 Å². The van der Waals surface area contributed by atoms with Crippen molar-refractivity contribution in [2.45, 2.75) is 38.6 Å². The van der Waals surface area contributed by atoms with E-state index in [1.807, 2.05) is 0 Å². The molecule has 0 aliphatic carbocycles. The molecule has 0 aromatic heterocycles. The third-order valence-corrected chi connectivity index (χ3v) is 3.73. The maximum absolute atomic E-state index is 5.56. The molecule has 2 fully saturated rings. The zero-order valence-corrected chi connectivity index (χ0v) is 8.81. The first-order chi connectivity index (χ1) is 6.20. The van der Waals surface area contributed by atoms with E-state index in [9.17, 15) is 0 Å². The predicted molar refractivity (Wildman–Crippen MR) is 53.7 cm³/mol. The molecule has 2 heterocycles. The van der Waals surface area contributed by atoms with Crippen molar-refractivity contribution >= 4 is 0 Å². The zero-order valence-electron chi connectivity index (χ0n) is 8.81. The molecule has 2 aliphatic rings. The van der Waals surface area contributed by atoms with Gasteiger partial charge >= 0.3 is 0 Å². The lowest BCUT2D eigenvalue weighted by Gasteiger charge is -2.35. The van der Waals surface area contributed by atoms with Gasteiger partial charge in [-0.1, -0.05) is 0 Å². The van der Waals surface area contributed by atoms with Crippen molar-refractivity contribution in [2.24, 2.45) is 11.8 Å². The van der Waals surface area contributed by atoms with Crippen molar-refractivity contribution in [1.82, 2.24) is 5.32 Å². The Bertz CT molecular complexity index is 173. The minimum absolute atomic E-state index is 0.339. The van der Waals surface area contributed by atoms with Crippen LogP contribution in [-0.4, -0.2) is 25.3 Å². The van der Waals surface area contributed by atoms with E-state index in [-0.39, 0.29) is 0 Å². The Balaban J connectivity index is 1.98. The summed E-state index contributed by atoms with van der Waals surface area (Å²) in [7, 11) is 0. The summed E-state index contributed by atoms with van der Waals surface area (Å²) in [4.78, 5) is 0. The Morgan fingerprint density at radius 3 is 2.69 bits per heavy atom. The van der Waals surface area contributed by atoms with Crippen LogP contribution in [0.15, 0.2) is 0 Å². The highest BCUT2D eigenvalue weighted by Crippen LogP contribution is 2.36. The van der Waals surface area contributed by atoms with Gasteiger partial charge in [-0.3, -0.25) is 0 Å². The lowest BCUT2D eigenvalue weighted by Crippen LogP contribution is -2.43. The summed E-state index contributed by atoms with van der Waals surface area (Å²) in [6.07, 6.45) is 3.97. The number of nitrogens with one attached hydrogen (secondary N) is 1. The smallest absolute Gasteiger partial charge is 0.0497 e. The Kier molecular flexibility index (Phi) is 2.61. The average Bonchev–Trinajstić information content (AvgIpc) is 2.47. The summed E-state index contributed by atoms with van der Waals surface area (Å²) in [5.41, 5.74) is 0.339. The van der Waals surface area contributed by atoms with Crippen LogP contribution < -0.4 is 5.32 Å². The topological polar surface area (TPSA) is 21.3 Å². The molecule has 0 radical (unpaired) electrons. The summed E-state index contributed by atoms with van der Waals surface area (Å²) < 4.78 is 5.56. The van der Waals surface area contributed by atoms with Gasteiger partial charge in [-0.15, -0.1) is 0 Å². The van der Waals surface area contributed by atoms with Crippen LogP contribution in [0.4, 0.5) is 0 Å². The third kappa shape index (κ3) is 1.89. The van der Waals surface area contributed by atoms with Gasteiger partial charge in [-0.25, -0.2) is 0 Å². The molecule has 2 unspecified atom stereocenters. The number of hydrogen-bond acceptors (Lipinski definition) is 2. The Hall–Kier alpha value is -0.0800. The summed E-state index contributed by atoms with van der Waals surface area (Å²) in [6, 6.07) is 0. The quantitative estimate of drug-likeness (QED) is 0.669. The van der Waals surface area contributed by atoms with Crippen LogP contribution in [0.3, 0.4) is 0 Å². The molecule has 0 spiro atoms. The van der Waals surface area contributed by atoms with Crippen molar-refractivity contribution in [3.05, 3.63) is 0 Å². The van der Waals surface area contributed by atoms with Crippen LogP contribution in [0.25, 0.3) is 0 Å². The molecule has 76 valence electrons. The van der Waals surface area contributed by atoms with Gasteiger partial charge in [0.15, 0.2) is 0 Å². The number of ether oxygens (including phenoxy) is 1. The van der Waals surface area contributed by atoms with Gasteiger partial charge in [0.05, 0.1) is 0 Å². The van der Waals surface area contributed by atoms with Gasteiger partial charge in [0.2, 0.25) is 0 Å². The van der Waals surface area contributed by atoms with Gasteiger partial charge in [0.1, 0.15) is 0 Å². The van der Waals surface area contributed by atoms with Gasteiger partial charge in [0.25, 0.3) is 0 Å². The van der Waals surface area contributed by atoms with E-state index in [4.69, 9.17) is 4.74 Å². The summed E-state index contributed by atoms with van der Waals surface area (Å²) >= 11 is 0. The number of hydrogen-bond donors (Lipinski definition) is 1. The van der Waals surface area contributed by atoms with E-state index in [0.717, 1.165) is 25.0 Å². The van der Waals surface area contributed by atoms with Crippen LogP contribution in [0.2, 0.25) is 0 Å². The molecule has 13 heavy (non-hydrogen) atoms. The summed E-state index contributed by atoms with van der Waals surface area (Å²) in [5, 5.41) is 3.59. The van der Waals surface area contributed by atoms with Crippen molar-refractivity contribution in [1.29, 1.82) is 0 Å². The van der Waals surface area contributed by atoms with Crippen LogP contribution in [-0.2, 0) is 4.74 Å². The fourth-order valence-corrected chi connectivity index (χ4v) is 2.95. The second-order valence-corrected chi connectivity index (χ2v) is 5.02. The first-order valence-electron chi connectivity index (χ1n) is 5.53. The second kappa shape index (κ2) is 3.58. The van der Waals surface area contributed by atoms with Crippen LogP contribution in [0.1, 0.15) is 33.1 Å². The van der Waals surface area contributed by atoms with Crippen LogP contribution in [0.5, 0.6) is 0 Å². The molecule has 0 aromatic carbocycles. The van der Waals surface area contributed by atoms with E-state index in [0.29, 0.717) is 5.54 Å². The highest BCUT2D eigenvalue weighted by molar-refractivity contribution is 4.95. The van der Waals surface area contributed by atoms with E-state index in [1.165, 1.54) is 25.8 Å². The minimum Gasteiger partial charge on any atom is -0.381 e. The lowest BCUT2D eigenvalue weighted by atomic mass is 9.77. The standard InChI is InChI=1S/C11H21NO/c1-11(2)10(5-6-12-11)9-4-3-7-13-8-9/h9-10,12H,3-8H2,1-2H3. The van der Waals surface area contributed by atoms with Crippen molar-refractivity contribution in [3.63, 3.8) is 0 Å². The molecule has 2 saturated heterocycles. The van der Waals surface area contributed by atoms with Gasteiger partial charge < -0.3 is 10.1 Å².